The molecule has 1 aromatic carbocycles. The maximum Gasteiger partial charge on any atom is 0.344 e. The molecule has 1 amide bonds. The van der Waals surface area contributed by atoms with Crippen molar-refractivity contribution in [1.29, 1.82) is 0 Å². The van der Waals surface area contributed by atoms with Gasteiger partial charge in [-0.05, 0) is 31.9 Å². The predicted molar refractivity (Wildman–Crippen MR) is 71.2 cm³/mol. The lowest BCUT2D eigenvalue weighted by atomic mass is 9.97. The number of carbonyl (C=O) groups is 2. The van der Waals surface area contributed by atoms with Crippen LogP contribution in [0.3, 0.4) is 0 Å². The number of hydrogen-bond acceptors (Lipinski definition) is 3. The van der Waals surface area contributed by atoms with Gasteiger partial charge in [0.05, 0.1) is 0 Å². The van der Waals surface area contributed by atoms with Crippen LogP contribution in [-0.4, -0.2) is 17.5 Å². The van der Waals surface area contributed by atoms with Crippen LogP contribution in [0.4, 0.5) is 0 Å². The normalized spacial score (nSPS) is 17.3. The van der Waals surface area contributed by atoms with Crippen LogP contribution in [0.25, 0.3) is 0 Å². The first-order valence-electron chi connectivity index (χ1n) is 6.18. The van der Waals surface area contributed by atoms with Crippen molar-refractivity contribution in [3.63, 3.8) is 0 Å². The van der Waals surface area contributed by atoms with Crippen LogP contribution < -0.4 is 5.32 Å². The molecule has 2 rings (SSSR count). The van der Waals surface area contributed by atoms with Gasteiger partial charge in [0.2, 0.25) is 0 Å². The minimum Gasteiger partial charge on any atom is -0.451 e. The number of carbonyl (C=O) groups excluding carboxylic acids is 2. The third-order valence-corrected chi connectivity index (χ3v) is 3.35. The Kier molecular flexibility index (Phi) is 3.42. The fourth-order valence-corrected chi connectivity index (χ4v) is 1.94. The molecule has 1 heterocycles. The summed E-state index contributed by atoms with van der Waals surface area (Å²) in [5, 5.41) is 2.74. The van der Waals surface area contributed by atoms with E-state index in [9.17, 15) is 9.59 Å². The van der Waals surface area contributed by atoms with Crippen LogP contribution in [-0.2, 0) is 20.9 Å². The topological polar surface area (TPSA) is 55.4 Å². The van der Waals surface area contributed by atoms with E-state index in [4.69, 9.17) is 4.74 Å². The van der Waals surface area contributed by atoms with E-state index in [1.54, 1.807) is 20.8 Å². The summed E-state index contributed by atoms with van der Waals surface area (Å²) in [6.07, 6.45) is 0. The highest BCUT2D eigenvalue weighted by molar-refractivity contribution is 6.18. The molecule has 0 bridgehead atoms. The second-order valence-corrected chi connectivity index (χ2v) is 5.07. The Morgan fingerprint density at radius 1 is 1.26 bits per heavy atom. The average molecular weight is 259 g/mol. The van der Waals surface area contributed by atoms with Crippen LogP contribution in [0.2, 0.25) is 0 Å². The van der Waals surface area contributed by atoms with Crippen molar-refractivity contribution in [2.24, 2.45) is 0 Å². The van der Waals surface area contributed by atoms with Gasteiger partial charge < -0.3 is 10.1 Å². The smallest absolute Gasteiger partial charge is 0.344 e. The minimum atomic E-state index is -0.698. The highest BCUT2D eigenvalue weighted by Gasteiger charge is 2.40. The molecule has 1 aliphatic rings. The third-order valence-electron chi connectivity index (χ3n) is 3.35. The van der Waals surface area contributed by atoms with Crippen molar-refractivity contribution < 1.29 is 14.3 Å². The molecule has 0 radical (unpaired) electrons. The molecule has 1 aliphatic heterocycles. The molecule has 0 atom stereocenters. The Hall–Kier alpha value is -2.10. The first kappa shape index (κ1) is 13.3. The van der Waals surface area contributed by atoms with Crippen molar-refractivity contribution in [3.8, 4) is 0 Å². The summed E-state index contributed by atoms with van der Waals surface area (Å²) < 4.78 is 5.17. The first-order chi connectivity index (χ1) is 8.92. The maximum absolute atomic E-state index is 12.1. The minimum absolute atomic E-state index is 0.126. The van der Waals surface area contributed by atoms with E-state index in [1.807, 2.05) is 30.3 Å². The molecule has 4 heteroatoms. The van der Waals surface area contributed by atoms with Crippen molar-refractivity contribution in [2.75, 3.05) is 0 Å². The number of esters is 1. The number of nitrogens with one attached hydrogen (secondary N) is 1. The van der Waals surface area contributed by atoms with Gasteiger partial charge in [-0.15, -0.1) is 0 Å². The molecule has 1 N–H and O–H groups in total. The SMILES string of the molecule is CC1=C(C(=O)NCc2ccccc2)C(=O)OC1(C)C. The van der Waals surface area contributed by atoms with E-state index in [1.165, 1.54) is 0 Å². The quantitative estimate of drug-likeness (QED) is 0.667. The van der Waals surface area contributed by atoms with Crippen molar-refractivity contribution >= 4 is 11.9 Å². The number of ether oxygens (including phenoxy) is 1. The zero-order valence-electron chi connectivity index (χ0n) is 11.3. The molecular formula is C15H17NO3. The largest absolute Gasteiger partial charge is 0.451 e. The molecule has 0 fully saturated rings. The standard InChI is InChI=1S/C15H17NO3/c1-10-12(14(18)19-15(10,2)3)13(17)16-9-11-7-5-4-6-8-11/h4-8H,9H2,1-3H3,(H,16,17). The fourth-order valence-electron chi connectivity index (χ4n) is 1.94. The highest BCUT2D eigenvalue weighted by Crippen LogP contribution is 2.31. The molecule has 0 aliphatic carbocycles. The average Bonchev–Trinajstić information content (AvgIpc) is 2.57. The number of hydrogen-bond donors (Lipinski definition) is 1. The van der Waals surface area contributed by atoms with Gasteiger partial charge in [-0.2, -0.15) is 0 Å². The summed E-state index contributed by atoms with van der Waals surface area (Å²) >= 11 is 0. The zero-order valence-corrected chi connectivity index (χ0v) is 11.3. The van der Waals surface area contributed by atoms with Gasteiger partial charge in [-0.1, -0.05) is 30.3 Å². The lowest BCUT2D eigenvalue weighted by Gasteiger charge is -2.17. The third kappa shape index (κ3) is 2.67. The first-order valence-corrected chi connectivity index (χ1v) is 6.18. The molecule has 0 saturated carbocycles. The van der Waals surface area contributed by atoms with Crippen LogP contribution in [0.1, 0.15) is 26.3 Å². The Morgan fingerprint density at radius 3 is 2.42 bits per heavy atom. The molecule has 0 spiro atoms. The summed E-state index contributed by atoms with van der Waals surface area (Å²) in [5.41, 5.74) is 1.08. The second kappa shape index (κ2) is 4.88. The Balaban J connectivity index is 2.09. The lowest BCUT2D eigenvalue weighted by Crippen LogP contribution is -2.27. The molecule has 0 unspecified atom stereocenters. The molecule has 1 aromatic rings. The highest BCUT2D eigenvalue weighted by atomic mass is 16.6. The molecule has 4 nitrogen and oxygen atoms in total. The maximum atomic E-state index is 12.1. The van der Waals surface area contributed by atoms with Crippen LogP contribution >= 0.6 is 0 Å². The fraction of sp³-hybridized carbons (Fsp3) is 0.333. The molecular weight excluding hydrogens is 242 g/mol. The van der Waals surface area contributed by atoms with Gasteiger partial charge >= 0.3 is 5.97 Å². The predicted octanol–water partition coefficient (Wildman–Crippen LogP) is 1.95. The van der Waals surface area contributed by atoms with E-state index >= 15 is 0 Å². The van der Waals surface area contributed by atoms with Crippen LogP contribution in [0, 0.1) is 0 Å². The van der Waals surface area contributed by atoms with Gasteiger partial charge in [0.25, 0.3) is 5.91 Å². The summed E-state index contributed by atoms with van der Waals surface area (Å²) in [5.74, 6) is -0.926. The zero-order chi connectivity index (χ0) is 14.0. The number of cyclic esters (lactones) is 1. The van der Waals surface area contributed by atoms with Gasteiger partial charge in [-0.3, -0.25) is 4.79 Å². The van der Waals surface area contributed by atoms with Gasteiger partial charge in [0, 0.05) is 6.54 Å². The molecule has 0 aromatic heterocycles. The van der Waals surface area contributed by atoms with Gasteiger partial charge in [0.15, 0.2) is 0 Å². The Morgan fingerprint density at radius 2 is 1.89 bits per heavy atom. The second-order valence-electron chi connectivity index (χ2n) is 5.07. The summed E-state index contributed by atoms with van der Waals surface area (Å²) in [7, 11) is 0. The number of amides is 1. The summed E-state index contributed by atoms with van der Waals surface area (Å²) in [4.78, 5) is 23.8. The van der Waals surface area contributed by atoms with Crippen molar-refractivity contribution in [1.82, 2.24) is 5.32 Å². The Bertz CT molecular complexity index is 544. The Labute approximate surface area is 112 Å². The van der Waals surface area contributed by atoms with Crippen LogP contribution in [0.5, 0.6) is 0 Å². The van der Waals surface area contributed by atoms with E-state index < -0.39 is 11.6 Å². The molecule has 100 valence electrons. The van der Waals surface area contributed by atoms with Gasteiger partial charge in [-0.25, -0.2) is 4.79 Å². The van der Waals surface area contributed by atoms with E-state index in [2.05, 4.69) is 5.32 Å². The number of benzene rings is 1. The van der Waals surface area contributed by atoms with E-state index in [0.29, 0.717) is 12.1 Å². The summed E-state index contributed by atoms with van der Waals surface area (Å²) in [6.45, 7) is 5.70. The molecule has 0 saturated heterocycles. The van der Waals surface area contributed by atoms with Crippen molar-refractivity contribution in [3.05, 3.63) is 47.0 Å². The number of rotatable bonds is 3. The van der Waals surface area contributed by atoms with Gasteiger partial charge in [0.1, 0.15) is 11.2 Å². The van der Waals surface area contributed by atoms with Crippen LogP contribution in [0.15, 0.2) is 41.5 Å². The summed E-state index contributed by atoms with van der Waals surface area (Å²) in [6, 6.07) is 9.55. The van der Waals surface area contributed by atoms with Crippen molar-refractivity contribution in [2.45, 2.75) is 32.9 Å². The molecule has 19 heavy (non-hydrogen) atoms. The lowest BCUT2D eigenvalue weighted by molar-refractivity contribution is -0.145. The monoisotopic (exact) mass is 259 g/mol. The van der Waals surface area contributed by atoms with E-state index in [-0.39, 0.29) is 11.5 Å². The van der Waals surface area contributed by atoms with E-state index in [0.717, 1.165) is 5.56 Å².